The number of nitrogens with zero attached hydrogens (tertiary/aromatic N) is 3. The Kier molecular flexibility index (Phi) is 5.64. The number of carbonyl (C=O) groups excluding carboxylic acids is 1. The highest BCUT2D eigenvalue weighted by atomic mass is 32.2. The molecule has 3 rings (SSSR count). The molecule has 0 spiro atoms. The Hall–Kier alpha value is -3.67. The number of aromatic nitrogens is 4. The average molecular weight is 417 g/mol. The fourth-order valence-corrected chi connectivity index (χ4v) is 3.20. The number of aromatic amines is 1. The number of carbonyl (C=O) groups is 1. The molecule has 0 aliphatic rings. The van der Waals surface area contributed by atoms with Gasteiger partial charge in [0.25, 0.3) is 5.91 Å². The van der Waals surface area contributed by atoms with Crippen molar-refractivity contribution in [3.63, 3.8) is 0 Å². The fraction of sp³-hybridized carbons (Fsp3) is 0.176. The van der Waals surface area contributed by atoms with Crippen molar-refractivity contribution in [2.45, 2.75) is 6.92 Å². The van der Waals surface area contributed by atoms with Gasteiger partial charge >= 0.3 is 0 Å². The first-order valence-electron chi connectivity index (χ1n) is 8.44. The van der Waals surface area contributed by atoms with Crippen LogP contribution < -0.4 is 20.5 Å². The number of sulfonamides is 1. The lowest BCUT2D eigenvalue weighted by atomic mass is 10.1. The topological polar surface area (TPSA) is 165 Å². The van der Waals surface area contributed by atoms with Crippen LogP contribution in [0.1, 0.15) is 17.3 Å². The van der Waals surface area contributed by atoms with Crippen LogP contribution in [0.4, 0.5) is 17.3 Å². The summed E-state index contributed by atoms with van der Waals surface area (Å²) in [7, 11) is -2.02. The second-order valence-corrected chi connectivity index (χ2v) is 7.83. The predicted octanol–water partition coefficient (Wildman–Crippen LogP) is 1.48. The minimum absolute atomic E-state index is 0.0686. The van der Waals surface area contributed by atoms with E-state index in [4.69, 9.17) is 10.5 Å². The number of nitrogens with one attached hydrogen (secondary N) is 3. The van der Waals surface area contributed by atoms with Crippen molar-refractivity contribution in [3.05, 3.63) is 42.4 Å². The van der Waals surface area contributed by atoms with Crippen molar-refractivity contribution in [1.29, 1.82) is 0 Å². The third kappa shape index (κ3) is 4.43. The number of ether oxygens (including phenoxy) is 1. The van der Waals surface area contributed by atoms with Crippen LogP contribution >= 0.6 is 0 Å². The van der Waals surface area contributed by atoms with Gasteiger partial charge in [-0.25, -0.2) is 13.4 Å². The molecule has 0 saturated carbocycles. The van der Waals surface area contributed by atoms with Gasteiger partial charge in [0.1, 0.15) is 17.1 Å². The minimum Gasteiger partial charge on any atom is -0.496 e. The van der Waals surface area contributed by atoms with E-state index >= 15 is 0 Å². The summed E-state index contributed by atoms with van der Waals surface area (Å²) in [5.74, 6) is 0.0764. The molecule has 5 N–H and O–H groups in total. The van der Waals surface area contributed by atoms with Crippen molar-refractivity contribution in [2.24, 2.45) is 5.73 Å². The van der Waals surface area contributed by atoms with Crippen molar-refractivity contribution in [2.75, 3.05) is 22.9 Å². The zero-order valence-electron chi connectivity index (χ0n) is 15.6. The van der Waals surface area contributed by atoms with Gasteiger partial charge in [0.15, 0.2) is 5.82 Å². The number of H-pyrrole nitrogens is 1. The lowest BCUT2D eigenvalue weighted by Gasteiger charge is -2.12. The first-order valence-corrected chi connectivity index (χ1v) is 10.1. The summed E-state index contributed by atoms with van der Waals surface area (Å²) < 4.78 is 31.4. The summed E-state index contributed by atoms with van der Waals surface area (Å²) in [4.78, 5) is 20.1. The lowest BCUT2D eigenvalue weighted by Crippen LogP contribution is -2.15. The van der Waals surface area contributed by atoms with Crippen LogP contribution in [0, 0.1) is 0 Å². The number of benzene rings is 1. The maximum Gasteiger partial charge on any atom is 0.254 e. The zero-order chi connectivity index (χ0) is 21.0. The van der Waals surface area contributed by atoms with E-state index < -0.39 is 15.9 Å². The highest BCUT2D eigenvalue weighted by molar-refractivity contribution is 7.92. The lowest BCUT2D eigenvalue weighted by molar-refractivity contribution is 0.100. The normalized spacial score (nSPS) is 11.1. The Balaban J connectivity index is 2.03. The molecule has 0 atom stereocenters. The van der Waals surface area contributed by atoms with Crippen molar-refractivity contribution in [3.8, 4) is 17.0 Å². The maximum absolute atomic E-state index is 12.1. The van der Waals surface area contributed by atoms with E-state index in [1.807, 2.05) is 0 Å². The second kappa shape index (κ2) is 8.14. The van der Waals surface area contributed by atoms with E-state index in [0.29, 0.717) is 28.5 Å². The number of methoxy groups -OCH3 is 1. The molecule has 29 heavy (non-hydrogen) atoms. The highest BCUT2D eigenvalue weighted by Gasteiger charge is 2.23. The Bertz CT molecular complexity index is 1130. The average Bonchev–Trinajstić information content (AvgIpc) is 3.12. The van der Waals surface area contributed by atoms with Gasteiger partial charge in [0.05, 0.1) is 30.4 Å². The molecule has 0 radical (unpaired) electrons. The quantitative estimate of drug-likeness (QED) is 0.428. The standard InChI is InChI=1S/C17H19N7O4S/c1-3-29(26,27)24-10-4-5-11(12(8-10)28-2)15-14(16(18)25)17(23-22-15)21-13-9-19-6-7-20-13/h4-9,24H,3H2,1-2H3,(H2,18,25)(H2,20,21,22,23). The van der Waals surface area contributed by atoms with E-state index in [0.717, 1.165) is 0 Å². The molecule has 11 nitrogen and oxygen atoms in total. The first kappa shape index (κ1) is 20.1. The maximum atomic E-state index is 12.1. The summed E-state index contributed by atoms with van der Waals surface area (Å²) in [5.41, 5.74) is 6.77. The summed E-state index contributed by atoms with van der Waals surface area (Å²) in [6, 6.07) is 4.65. The monoisotopic (exact) mass is 417 g/mol. The van der Waals surface area contributed by atoms with E-state index in [9.17, 15) is 13.2 Å². The Morgan fingerprint density at radius 3 is 2.72 bits per heavy atom. The molecule has 3 aromatic rings. The minimum atomic E-state index is -3.45. The van der Waals surface area contributed by atoms with Crippen LogP contribution in [0.5, 0.6) is 5.75 Å². The molecule has 0 fully saturated rings. The molecule has 0 bridgehead atoms. The number of rotatable bonds is 8. The van der Waals surface area contributed by atoms with Gasteiger partial charge in [-0.1, -0.05) is 0 Å². The van der Waals surface area contributed by atoms with E-state index in [1.54, 1.807) is 12.1 Å². The molecule has 12 heteroatoms. The Labute approximate surface area is 166 Å². The largest absolute Gasteiger partial charge is 0.496 e. The van der Waals surface area contributed by atoms with E-state index in [1.165, 1.54) is 38.7 Å². The van der Waals surface area contributed by atoms with Crippen LogP contribution in [0.3, 0.4) is 0 Å². The first-order chi connectivity index (χ1) is 13.8. The Morgan fingerprint density at radius 1 is 1.31 bits per heavy atom. The molecule has 0 aliphatic carbocycles. The second-order valence-electron chi connectivity index (χ2n) is 5.82. The van der Waals surface area contributed by atoms with Crippen molar-refractivity contribution < 1.29 is 17.9 Å². The molecule has 0 aliphatic heterocycles. The van der Waals surface area contributed by atoms with Crippen LogP contribution in [0.15, 0.2) is 36.8 Å². The zero-order valence-corrected chi connectivity index (χ0v) is 16.4. The van der Waals surface area contributed by atoms with Gasteiger partial charge in [0, 0.05) is 24.0 Å². The SMILES string of the molecule is CCS(=O)(=O)Nc1ccc(-c2[nH]nc(Nc3cnccn3)c2C(N)=O)c(OC)c1. The van der Waals surface area contributed by atoms with Crippen LogP contribution in [0.25, 0.3) is 11.3 Å². The summed E-state index contributed by atoms with van der Waals surface area (Å²) in [6.07, 6.45) is 4.46. The molecule has 1 aromatic carbocycles. The molecule has 0 saturated heterocycles. The highest BCUT2D eigenvalue weighted by Crippen LogP contribution is 2.36. The van der Waals surface area contributed by atoms with E-state index in [-0.39, 0.29) is 17.1 Å². The van der Waals surface area contributed by atoms with Crippen molar-refractivity contribution >= 4 is 33.3 Å². The molecule has 2 aromatic heterocycles. The molecule has 0 unspecified atom stereocenters. The van der Waals surface area contributed by atoms with E-state index in [2.05, 4.69) is 30.2 Å². The molecule has 1 amide bonds. The number of nitrogens with two attached hydrogens (primary N) is 1. The number of amides is 1. The van der Waals surface area contributed by atoms with Gasteiger partial charge in [-0.05, 0) is 19.1 Å². The third-order valence-electron chi connectivity index (χ3n) is 3.95. The molecular weight excluding hydrogens is 398 g/mol. The van der Waals surface area contributed by atoms with Crippen LogP contribution in [0.2, 0.25) is 0 Å². The molecular formula is C17H19N7O4S. The fourth-order valence-electron chi connectivity index (χ4n) is 2.57. The third-order valence-corrected chi connectivity index (χ3v) is 5.25. The smallest absolute Gasteiger partial charge is 0.254 e. The van der Waals surface area contributed by atoms with Gasteiger partial charge < -0.3 is 15.8 Å². The van der Waals surface area contributed by atoms with Gasteiger partial charge in [-0.3, -0.25) is 19.6 Å². The van der Waals surface area contributed by atoms with Gasteiger partial charge in [-0.2, -0.15) is 5.10 Å². The summed E-state index contributed by atoms with van der Waals surface area (Å²) in [5, 5.41) is 9.76. The van der Waals surface area contributed by atoms with Crippen LogP contribution in [-0.4, -0.2) is 47.4 Å². The number of hydrogen-bond donors (Lipinski definition) is 4. The number of anilines is 3. The predicted molar refractivity (Wildman–Crippen MR) is 107 cm³/mol. The van der Waals surface area contributed by atoms with Gasteiger partial charge in [-0.15, -0.1) is 0 Å². The van der Waals surface area contributed by atoms with Gasteiger partial charge in [0.2, 0.25) is 10.0 Å². The molecule has 2 heterocycles. The van der Waals surface area contributed by atoms with Crippen LogP contribution in [-0.2, 0) is 10.0 Å². The number of primary amides is 1. The summed E-state index contributed by atoms with van der Waals surface area (Å²) in [6.45, 7) is 1.53. The number of hydrogen-bond acceptors (Lipinski definition) is 8. The Morgan fingerprint density at radius 2 is 2.10 bits per heavy atom. The summed E-state index contributed by atoms with van der Waals surface area (Å²) >= 11 is 0. The molecule has 152 valence electrons. The van der Waals surface area contributed by atoms with Crippen molar-refractivity contribution in [1.82, 2.24) is 20.2 Å².